The van der Waals surface area contributed by atoms with Crippen molar-refractivity contribution in [2.45, 2.75) is 43.7 Å². The summed E-state index contributed by atoms with van der Waals surface area (Å²) in [6.07, 6.45) is 3.00. The molecule has 0 fully saturated rings. The smallest absolute Gasteiger partial charge is 0.415 e. The van der Waals surface area contributed by atoms with Crippen molar-refractivity contribution in [1.29, 1.82) is 0 Å². The molecular weight excluding hydrogens is 522 g/mol. The van der Waals surface area contributed by atoms with Gasteiger partial charge in [-0.2, -0.15) is 22.0 Å². The molecule has 0 aromatic heterocycles. The van der Waals surface area contributed by atoms with Crippen LogP contribution < -0.4 is 0 Å². The van der Waals surface area contributed by atoms with Crippen molar-refractivity contribution >= 4 is 0 Å². The molecule has 0 spiro atoms. The number of halogens is 9. The molecule has 1 aliphatic carbocycles. The van der Waals surface area contributed by atoms with Crippen LogP contribution in [-0.2, 0) is 21.1 Å². The Kier molecular flexibility index (Phi) is 13.3. The molecule has 0 aliphatic heterocycles. The number of hydrogen-bond donors (Lipinski definition) is 0. The Morgan fingerprint density at radius 3 is 1.04 bits per heavy atom. The molecule has 0 heterocycles. The third kappa shape index (κ3) is 8.27. The average Bonchev–Trinajstić information content (AvgIpc) is 2.26. The van der Waals surface area contributed by atoms with Crippen LogP contribution in [0, 0.1) is 13.9 Å². The van der Waals surface area contributed by atoms with Gasteiger partial charge in [0, 0.05) is 0 Å². The van der Waals surface area contributed by atoms with Crippen LogP contribution in [0.15, 0.2) is 24.3 Å². The second-order valence-electron chi connectivity index (χ2n) is 4.00. The summed E-state index contributed by atoms with van der Waals surface area (Å²) in [5.74, 6) is -13.3. The van der Waals surface area contributed by atoms with Crippen LogP contribution in [0.1, 0.15) is 25.7 Å². The van der Waals surface area contributed by atoms with E-state index in [4.69, 9.17) is 0 Å². The zero-order valence-corrected chi connectivity index (χ0v) is 14.1. The summed E-state index contributed by atoms with van der Waals surface area (Å²) in [7, 11) is 0. The molecule has 10 heteroatoms. The van der Waals surface area contributed by atoms with Gasteiger partial charge in [0.05, 0.1) is 6.43 Å². The summed E-state index contributed by atoms with van der Waals surface area (Å²) in [4.78, 5) is 0. The maximum Gasteiger partial charge on any atom is 2.00 e. The van der Waals surface area contributed by atoms with Gasteiger partial charge in [-0.15, -0.1) is 0 Å². The molecule has 0 atom stereocenters. The van der Waals surface area contributed by atoms with E-state index in [1.807, 2.05) is 0 Å². The van der Waals surface area contributed by atoms with Gasteiger partial charge < -0.3 is 16.2 Å². The van der Waals surface area contributed by atoms with E-state index in [2.05, 4.69) is 24.3 Å². The average molecular weight is 537 g/mol. The van der Waals surface area contributed by atoms with Gasteiger partial charge in [0.2, 0.25) is 0 Å². The van der Waals surface area contributed by atoms with Crippen molar-refractivity contribution in [3.05, 3.63) is 38.2 Å². The fourth-order valence-electron chi connectivity index (χ4n) is 1.15. The third-order valence-electron chi connectivity index (χ3n) is 2.32. The minimum atomic E-state index is -6.77. The fourth-order valence-corrected chi connectivity index (χ4v) is 1.15. The van der Waals surface area contributed by atoms with Crippen LogP contribution in [0.5, 0.6) is 0 Å². The van der Waals surface area contributed by atoms with E-state index < -0.39 is 24.4 Å². The van der Waals surface area contributed by atoms with E-state index in [1.54, 1.807) is 0 Å². The molecule has 1 rings (SSSR count). The molecule has 1 aliphatic rings. The number of hydrogen-bond acceptors (Lipinski definition) is 0. The second kappa shape index (κ2) is 11.2. The third-order valence-corrected chi connectivity index (χ3v) is 2.32. The topological polar surface area (TPSA) is 0 Å². The van der Waals surface area contributed by atoms with Gasteiger partial charge in [-0.25, -0.2) is 8.78 Å². The molecule has 0 aromatic carbocycles. The van der Waals surface area contributed by atoms with E-state index in [1.165, 1.54) is 25.7 Å². The zero-order valence-electron chi connectivity index (χ0n) is 11.9. The maximum absolute atomic E-state index is 11.6. The van der Waals surface area contributed by atoms with Gasteiger partial charge in [-0.3, -0.25) is 0 Å². The van der Waals surface area contributed by atoms with Crippen LogP contribution in [0.2, 0.25) is 0 Å². The first kappa shape index (κ1) is 27.4. The molecule has 0 saturated heterocycles. The van der Waals surface area contributed by atoms with Gasteiger partial charge in [-0.05, 0) is 25.7 Å². The zero-order chi connectivity index (χ0) is 16.7. The van der Waals surface area contributed by atoms with E-state index in [0.29, 0.717) is 0 Å². The van der Waals surface area contributed by atoms with E-state index in [-0.39, 0.29) is 28.5 Å². The summed E-state index contributed by atoms with van der Waals surface area (Å²) in [5.41, 5.74) is 0. The molecule has 0 amide bonds. The van der Waals surface area contributed by atoms with Crippen molar-refractivity contribution in [1.82, 2.24) is 0 Å². The number of alkyl halides is 7. The maximum atomic E-state index is 11.6. The summed E-state index contributed by atoms with van der Waals surface area (Å²) in [5, 5.41) is 0. The minimum Gasteiger partial charge on any atom is -0.415 e. The molecule has 0 aromatic rings. The SMILES string of the molecule is C1=C\CC/C=C\CC/1.F[C-](F)C(F)(F)C(F)(F)C(F)(F)F.[CH3-].[Pt+2]. The van der Waals surface area contributed by atoms with Crippen molar-refractivity contribution in [3.8, 4) is 0 Å². The normalized spacial score (nSPS) is 18.3. The Labute approximate surface area is 143 Å². The van der Waals surface area contributed by atoms with Crippen LogP contribution in [0.25, 0.3) is 0 Å². The van der Waals surface area contributed by atoms with Crippen molar-refractivity contribution in [3.63, 3.8) is 0 Å². The van der Waals surface area contributed by atoms with E-state index >= 15 is 0 Å². The quantitative estimate of drug-likeness (QED) is 0.218. The first-order chi connectivity index (χ1) is 9.44. The molecular formula is C13H15F9Pt. The first-order valence-corrected chi connectivity index (χ1v) is 5.75. The van der Waals surface area contributed by atoms with Crippen LogP contribution in [0.4, 0.5) is 39.5 Å². The van der Waals surface area contributed by atoms with E-state index in [9.17, 15) is 39.5 Å². The van der Waals surface area contributed by atoms with Crippen molar-refractivity contribution in [2.75, 3.05) is 0 Å². The Balaban J connectivity index is -0.000000347. The predicted octanol–water partition coefficient (Wildman–Crippen LogP) is 6.37. The molecule has 23 heavy (non-hydrogen) atoms. The van der Waals surface area contributed by atoms with Crippen LogP contribution in [0.3, 0.4) is 0 Å². The first-order valence-electron chi connectivity index (χ1n) is 5.75. The van der Waals surface area contributed by atoms with Gasteiger partial charge in [0.25, 0.3) is 5.92 Å². The Morgan fingerprint density at radius 1 is 0.652 bits per heavy atom. The van der Waals surface area contributed by atoms with Crippen molar-refractivity contribution in [2.24, 2.45) is 0 Å². The van der Waals surface area contributed by atoms with Crippen LogP contribution in [-0.4, -0.2) is 18.0 Å². The van der Waals surface area contributed by atoms with Gasteiger partial charge in [0.15, 0.2) is 0 Å². The molecule has 0 nitrogen and oxygen atoms in total. The molecule has 0 radical (unpaired) electrons. The van der Waals surface area contributed by atoms with Gasteiger partial charge in [0.1, 0.15) is 0 Å². The standard InChI is InChI=1S/C8H12.C4F9.CH3.Pt/c1-2-4-6-8-7-5-3-1;5-1(6)2(7,8)3(9,10)4(11,12)13;;/h1-2,7-8H,3-6H2;;1H3;/q;2*-1;+2/b2-1-,8-7-;;;. The monoisotopic (exact) mass is 537 g/mol. The molecule has 140 valence electrons. The van der Waals surface area contributed by atoms with Crippen molar-refractivity contribution < 1.29 is 60.6 Å². The predicted molar refractivity (Wildman–Crippen MR) is 64.6 cm³/mol. The molecule has 0 N–H and O–H groups in total. The Hall–Kier alpha value is -0.462. The van der Waals surface area contributed by atoms with Crippen LogP contribution >= 0.6 is 0 Å². The Bertz CT molecular complexity index is 333. The summed E-state index contributed by atoms with van der Waals surface area (Å²) >= 11 is 0. The molecule has 0 saturated carbocycles. The number of rotatable bonds is 2. The van der Waals surface area contributed by atoms with Gasteiger partial charge in [-0.1, -0.05) is 24.3 Å². The summed E-state index contributed by atoms with van der Waals surface area (Å²) in [6.45, 7) is 0. The minimum absolute atomic E-state index is 0. The Morgan fingerprint density at radius 2 is 0.913 bits per heavy atom. The number of allylic oxidation sites excluding steroid dienone is 4. The summed E-state index contributed by atoms with van der Waals surface area (Å²) < 4.78 is 102. The largest absolute Gasteiger partial charge is 2.00 e. The molecule has 0 unspecified atom stereocenters. The summed E-state index contributed by atoms with van der Waals surface area (Å²) in [6, 6.07) is 0. The van der Waals surface area contributed by atoms with E-state index in [0.717, 1.165) is 0 Å². The van der Waals surface area contributed by atoms with Gasteiger partial charge >= 0.3 is 33.2 Å². The second-order valence-corrected chi connectivity index (χ2v) is 4.00. The fraction of sp³-hybridized carbons (Fsp3) is 0.538. The molecule has 0 bridgehead atoms.